The number of rotatable bonds is 6. The largest absolute Gasteiger partial charge is 0.383 e. The molecule has 0 aliphatic heterocycles. The van der Waals surface area contributed by atoms with Gasteiger partial charge in [-0.2, -0.15) is 0 Å². The Hall–Kier alpha value is -1.00. The minimum atomic E-state index is -0.433. The number of hydrogen-bond acceptors (Lipinski definition) is 2. The molecule has 18 heavy (non-hydrogen) atoms. The summed E-state index contributed by atoms with van der Waals surface area (Å²) in [5, 5.41) is 3.24. The van der Waals surface area contributed by atoms with E-state index in [0.717, 1.165) is 19.5 Å². The van der Waals surface area contributed by atoms with Crippen LogP contribution >= 0.6 is 0 Å². The summed E-state index contributed by atoms with van der Waals surface area (Å²) in [4.78, 5) is 0. The van der Waals surface area contributed by atoms with E-state index in [4.69, 9.17) is 4.74 Å². The van der Waals surface area contributed by atoms with Crippen molar-refractivity contribution < 1.29 is 13.5 Å². The molecular weight excluding hydrogens is 236 g/mol. The molecule has 1 fully saturated rings. The minimum Gasteiger partial charge on any atom is -0.383 e. The number of ether oxygens (including phenoxy) is 1. The van der Waals surface area contributed by atoms with Crippen LogP contribution in [0.4, 0.5) is 8.78 Å². The van der Waals surface area contributed by atoms with Crippen LogP contribution in [0.15, 0.2) is 18.2 Å². The molecule has 1 N–H and O–H groups in total. The molecule has 1 aliphatic rings. The average molecular weight is 255 g/mol. The molecule has 4 heteroatoms. The number of benzene rings is 1. The quantitative estimate of drug-likeness (QED) is 0.788. The molecule has 2 nitrogen and oxygen atoms in total. The molecule has 0 heterocycles. The van der Waals surface area contributed by atoms with Crippen molar-refractivity contribution in [2.24, 2.45) is 5.92 Å². The topological polar surface area (TPSA) is 21.3 Å². The van der Waals surface area contributed by atoms with E-state index < -0.39 is 11.6 Å². The third-order valence-corrected chi connectivity index (χ3v) is 3.82. The number of nitrogens with one attached hydrogen (secondary N) is 1. The van der Waals surface area contributed by atoms with E-state index in [1.807, 2.05) is 6.92 Å². The predicted molar refractivity (Wildman–Crippen MR) is 66.6 cm³/mol. The highest BCUT2D eigenvalue weighted by molar-refractivity contribution is 5.35. The van der Waals surface area contributed by atoms with Crippen molar-refractivity contribution in [3.05, 3.63) is 35.4 Å². The third kappa shape index (κ3) is 2.54. The highest BCUT2D eigenvalue weighted by Gasteiger charge is 2.53. The third-order valence-electron chi connectivity index (χ3n) is 3.82. The smallest absolute Gasteiger partial charge is 0.129 e. The summed E-state index contributed by atoms with van der Waals surface area (Å²) in [5.74, 6) is -0.575. The zero-order chi connectivity index (χ0) is 13.2. The molecule has 1 aromatic rings. The lowest BCUT2D eigenvalue weighted by atomic mass is 9.94. The predicted octanol–water partition coefficient (Wildman–Crippen LogP) is 2.48. The van der Waals surface area contributed by atoms with Crippen LogP contribution in [0.2, 0.25) is 0 Å². The van der Waals surface area contributed by atoms with Crippen LogP contribution in [-0.4, -0.2) is 26.8 Å². The molecule has 1 saturated carbocycles. The van der Waals surface area contributed by atoms with E-state index >= 15 is 0 Å². The zero-order valence-corrected chi connectivity index (χ0v) is 10.8. The summed E-state index contributed by atoms with van der Waals surface area (Å²) in [6, 6.07) is 4.07. The van der Waals surface area contributed by atoms with Gasteiger partial charge in [0.1, 0.15) is 11.6 Å². The van der Waals surface area contributed by atoms with Gasteiger partial charge >= 0.3 is 0 Å². The maximum Gasteiger partial charge on any atom is 0.129 e. The van der Waals surface area contributed by atoms with Gasteiger partial charge in [0.15, 0.2) is 0 Å². The van der Waals surface area contributed by atoms with Gasteiger partial charge in [0, 0.05) is 24.6 Å². The molecule has 2 rings (SSSR count). The second-order valence-corrected chi connectivity index (χ2v) is 5.11. The summed E-state index contributed by atoms with van der Waals surface area (Å²) in [6.07, 6.45) is 0.824. The summed E-state index contributed by atoms with van der Waals surface area (Å²) in [5.41, 5.74) is -0.126. The molecule has 100 valence electrons. The van der Waals surface area contributed by atoms with E-state index in [1.54, 1.807) is 7.11 Å². The zero-order valence-electron chi connectivity index (χ0n) is 10.8. The van der Waals surface area contributed by atoms with Gasteiger partial charge in [0.25, 0.3) is 0 Å². The fourth-order valence-electron chi connectivity index (χ4n) is 2.55. The number of halogens is 2. The summed E-state index contributed by atoms with van der Waals surface area (Å²) >= 11 is 0. The Morgan fingerprint density at radius 3 is 2.67 bits per heavy atom. The molecule has 2 unspecified atom stereocenters. The first kappa shape index (κ1) is 13.4. The van der Waals surface area contributed by atoms with Crippen LogP contribution in [0.25, 0.3) is 0 Å². The van der Waals surface area contributed by atoms with Gasteiger partial charge in [-0.1, -0.05) is 13.0 Å². The Morgan fingerprint density at radius 2 is 2.06 bits per heavy atom. The first-order chi connectivity index (χ1) is 8.59. The van der Waals surface area contributed by atoms with Crippen molar-refractivity contribution in [1.29, 1.82) is 0 Å². The fourth-order valence-corrected chi connectivity index (χ4v) is 2.55. The highest BCUT2D eigenvalue weighted by Crippen LogP contribution is 2.54. The van der Waals surface area contributed by atoms with E-state index in [0.29, 0.717) is 12.5 Å². The van der Waals surface area contributed by atoms with E-state index in [2.05, 4.69) is 5.32 Å². The lowest BCUT2D eigenvalue weighted by Gasteiger charge is -2.14. The molecule has 0 radical (unpaired) electrons. The van der Waals surface area contributed by atoms with E-state index in [9.17, 15) is 8.78 Å². The Bertz CT molecular complexity index is 404. The summed E-state index contributed by atoms with van der Waals surface area (Å²) in [7, 11) is 1.65. The Balaban J connectivity index is 1.98. The maximum atomic E-state index is 13.7. The maximum absolute atomic E-state index is 13.7. The molecule has 1 aliphatic carbocycles. The first-order valence-electron chi connectivity index (χ1n) is 6.23. The average Bonchev–Trinajstić information content (AvgIpc) is 2.96. The van der Waals surface area contributed by atoms with Crippen LogP contribution in [0.3, 0.4) is 0 Å². The van der Waals surface area contributed by atoms with Crippen LogP contribution in [0.1, 0.15) is 18.9 Å². The minimum absolute atomic E-state index is 0.239. The Labute approximate surface area is 106 Å². The van der Waals surface area contributed by atoms with Crippen molar-refractivity contribution in [2.75, 3.05) is 26.8 Å². The molecule has 0 saturated heterocycles. The van der Waals surface area contributed by atoms with Crippen LogP contribution < -0.4 is 5.32 Å². The molecule has 1 aromatic carbocycles. The second kappa shape index (κ2) is 5.33. The van der Waals surface area contributed by atoms with Crippen molar-refractivity contribution in [3.63, 3.8) is 0 Å². The van der Waals surface area contributed by atoms with Gasteiger partial charge in [0.05, 0.1) is 6.61 Å². The van der Waals surface area contributed by atoms with Gasteiger partial charge in [-0.05, 0) is 31.0 Å². The Morgan fingerprint density at radius 1 is 1.39 bits per heavy atom. The normalized spacial score (nSPS) is 26.3. The lowest BCUT2D eigenvalue weighted by Crippen LogP contribution is -2.24. The first-order valence-corrected chi connectivity index (χ1v) is 6.23. The van der Waals surface area contributed by atoms with E-state index in [-0.39, 0.29) is 11.0 Å². The SMILES string of the molecule is COCCNCC1CC1(C)c1c(F)cccc1F. The van der Waals surface area contributed by atoms with E-state index in [1.165, 1.54) is 18.2 Å². The van der Waals surface area contributed by atoms with Crippen molar-refractivity contribution >= 4 is 0 Å². The van der Waals surface area contributed by atoms with Gasteiger partial charge in [-0.15, -0.1) is 0 Å². The summed E-state index contributed by atoms with van der Waals surface area (Å²) < 4.78 is 32.4. The van der Waals surface area contributed by atoms with Crippen molar-refractivity contribution in [1.82, 2.24) is 5.32 Å². The van der Waals surface area contributed by atoms with Crippen molar-refractivity contribution in [3.8, 4) is 0 Å². The number of hydrogen-bond donors (Lipinski definition) is 1. The molecule has 0 spiro atoms. The van der Waals surface area contributed by atoms with Crippen LogP contribution in [0.5, 0.6) is 0 Å². The standard InChI is InChI=1S/C14H19F2NO/c1-14(8-10(14)9-17-6-7-18-2)13-11(15)4-3-5-12(13)16/h3-5,10,17H,6-9H2,1-2H3. The molecule has 0 amide bonds. The van der Waals surface area contributed by atoms with Gasteiger partial charge in [-0.3, -0.25) is 0 Å². The molecule has 0 bridgehead atoms. The highest BCUT2D eigenvalue weighted by atomic mass is 19.1. The fraction of sp³-hybridized carbons (Fsp3) is 0.571. The van der Waals surface area contributed by atoms with Crippen molar-refractivity contribution in [2.45, 2.75) is 18.8 Å². The molecular formula is C14H19F2NO. The van der Waals surface area contributed by atoms with Gasteiger partial charge in [-0.25, -0.2) is 8.78 Å². The van der Waals surface area contributed by atoms with Gasteiger partial charge in [0.2, 0.25) is 0 Å². The van der Waals surface area contributed by atoms with Crippen LogP contribution in [0, 0.1) is 17.6 Å². The van der Waals surface area contributed by atoms with Crippen LogP contribution in [-0.2, 0) is 10.2 Å². The lowest BCUT2D eigenvalue weighted by molar-refractivity contribution is 0.199. The van der Waals surface area contributed by atoms with Gasteiger partial charge < -0.3 is 10.1 Å². The Kier molecular flexibility index (Phi) is 3.97. The molecule has 2 atom stereocenters. The summed E-state index contributed by atoms with van der Waals surface area (Å²) in [6.45, 7) is 4.12. The monoisotopic (exact) mass is 255 g/mol. The number of methoxy groups -OCH3 is 1. The molecule has 0 aromatic heterocycles. The second-order valence-electron chi connectivity index (χ2n) is 5.11.